The van der Waals surface area contributed by atoms with Gasteiger partial charge in [-0.25, -0.2) is 4.79 Å². The summed E-state index contributed by atoms with van der Waals surface area (Å²) < 4.78 is 5.55. The first-order valence-corrected chi connectivity index (χ1v) is 11.1. The third-order valence-electron chi connectivity index (χ3n) is 5.80. The van der Waals surface area contributed by atoms with Crippen LogP contribution in [-0.2, 0) is 20.7 Å². The van der Waals surface area contributed by atoms with E-state index in [2.05, 4.69) is 34.9 Å². The molecule has 3 aromatic rings. The number of carbonyl (C=O) groups excluding carboxylic acids is 2. The Morgan fingerprint density at radius 1 is 0.912 bits per heavy atom. The first kappa shape index (κ1) is 23.0. The van der Waals surface area contributed by atoms with Gasteiger partial charge >= 0.3 is 12.1 Å². The van der Waals surface area contributed by atoms with Gasteiger partial charge in [-0.2, -0.15) is 0 Å². The Bertz CT molecular complexity index is 1160. The molecule has 0 bridgehead atoms. The highest BCUT2D eigenvalue weighted by molar-refractivity contribution is 5.85. The van der Waals surface area contributed by atoms with Gasteiger partial charge in [0, 0.05) is 17.6 Å². The van der Waals surface area contributed by atoms with Crippen molar-refractivity contribution in [1.82, 2.24) is 5.32 Å². The standard InChI is InChI=1S/C27H26N2O5/c1-17(14-26(31)32)28-25(30)15-18-10-12-19(13-11-18)29-27(33)34-16-24-22-8-4-2-6-20(22)21-7-3-5-9-23(21)24/h2-13,17,24H,14-16H2,1H3,(H,28,30)(H,29,33)(H,31,32)/t17-/m1/s1. The van der Waals surface area contributed by atoms with Crippen molar-refractivity contribution in [2.24, 2.45) is 0 Å². The minimum atomic E-state index is -0.962. The minimum Gasteiger partial charge on any atom is -0.481 e. The maximum atomic E-state index is 12.4. The fraction of sp³-hybridized carbons (Fsp3) is 0.222. The van der Waals surface area contributed by atoms with Crippen molar-refractivity contribution in [3.8, 4) is 11.1 Å². The molecule has 34 heavy (non-hydrogen) atoms. The fourth-order valence-corrected chi connectivity index (χ4v) is 4.28. The second-order valence-electron chi connectivity index (χ2n) is 8.39. The van der Waals surface area contributed by atoms with Crippen LogP contribution < -0.4 is 10.6 Å². The lowest BCUT2D eigenvalue weighted by molar-refractivity contribution is -0.137. The van der Waals surface area contributed by atoms with Crippen molar-refractivity contribution in [1.29, 1.82) is 0 Å². The van der Waals surface area contributed by atoms with Crippen molar-refractivity contribution in [3.05, 3.63) is 89.5 Å². The van der Waals surface area contributed by atoms with Crippen LogP contribution in [0.3, 0.4) is 0 Å². The summed E-state index contributed by atoms with van der Waals surface area (Å²) in [5.41, 5.74) is 5.94. The zero-order chi connectivity index (χ0) is 24.1. The Kier molecular flexibility index (Phi) is 6.92. The number of ether oxygens (including phenoxy) is 1. The van der Waals surface area contributed by atoms with Crippen molar-refractivity contribution < 1.29 is 24.2 Å². The number of amides is 2. The van der Waals surface area contributed by atoms with Crippen LogP contribution in [-0.4, -0.2) is 35.7 Å². The van der Waals surface area contributed by atoms with Crippen molar-refractivity contribution >= 4 is 23.7 Å². The summed E-state index contributed by atoms with van der Waals surface area (Å²) in [5, 5.41) is 14.2. The number of carboxylic acids is 1. The molecule has 3 aromatic carbocycles. The second kappa shape index (κ2) is 10.2. The van der Waals surface area contributed by atoms with Crippen LogP contribution in [0.25, 0.3) is 11.1 Å². The minimum absolute atomic E-state index is 0.0115. The zero-order valence-electron chi connectivity index (χ0n) is 18.8. The average Bonchev–Trinajstić information content (AvgIpc) is 3.12. The topological polar surface area (TPSA) is 105 Å². The Morgan fingerprint density at radius 2 is 1.50 bits per heavy atom. The normalized spacial score (nSPS) is 12.9. The van der Waals surface area contributed by atoms with Gasteiger partial charge in [0.05, 0.1) is 12.8 Å². The SMILES string of the molecule is C[C@H](CC(=O)O)NC(=O)Cc1ccc(NC(=O)OCC2c3ccccc3-c3ccccc32)cc1. The smallest absolute Gasteiger partial charge is 0.411 e. The van der Waals surface area contributed by atoms with Crippen LogP contribution in [0.4, 0.5) is 10.5 Å². The molecule has 1 aliphatic rings. The molecule has 0 saturated heterocycles. The fourth-order valence-electron chi connectivity index (χ4n) is 4.28. The van der Waals surface area contributed by atoms with Gasteiger partial charge in [0.15, 0.2) is 0 Å². The van der Waals surface area contributed by atoms with E-state index >= 15 is 0 Å². The van der Waals surface area contributed by atoms with Crippen LogP contribution in [0, 0.1) is 0 Å². The van der Waals surface area contributed by atoms with E-state index in [1.54, 1.807) is 31.2 Å². The second-order valence-corrected chi connectivity index (χ2v) is 8.39. The van der Waals surface area contributed by atoms with Crippen molar-refractivity contribution in [3.63, 3.8) is 0 Å². The van der Waals surface area contributed by atoms with Gasteiger partial charge in [0.25, 0.3) is 0 Å². The van der Waals surface area contributed by atoms with E-state index in [9.17, 15) is 14.4 Å². The summed E-state index contributed by atoms with van der Waals surface area (Å²) in [4.78, 5) is 35.2. The summed E-state index contributed by atoms with van der Waals surface area (Å²) in [7, 11) is 0. The maximum Gasteiger partial charge on any atom is 0.411 e. The van der Waals surface area contributed by atoms with Gasteiger partial charge < -0.3 is 15.2 Å². The van der Waals surface area contributed by atoms with Gasteiger partial charge in [-0.3, -0.25) is 14.9 Å². The molecule has 174 valence electrons. The van der Waals surface area contributed by atoms with E-state index in [4.69, 9.17) is 9.84 Å². The number of rotatable bonds is 8. The predicted molar refractivity (Wildman–Crippen MR) is 129 cm³/mol. The largest absolute Gasteiger partial charge is 0.481 e. The molecule has 0 unspecified atom stereocenters. The lowest BCUT2D eigenvalue weighted by Crippen LogP contribution is -2.35. The number of carboxylic acid groups (broad SMARTS) is 1. The molecular weight excluding hydrogens is 432 g/mol. The molecule has 4 rings (SSSR count). The summed E-state index contributed by atoms with van der Waals surface area (Å²) in [6, 6.07) is 22.7. The highest BCUT2D eigenvalue weighted by Crippen LogP contribution is 2.44. The molecule has 7 heteroatoms. The van der Waals surface area contributed by atoms with Crippen molar-refractivity contribution in [2.75, 3.05) is 11.9 Å². The first-order chi connectivity index (χ1) is 16.4. The summed E-state index contributed by atoms with van der Waals surface area (Å²) in [6.45, 7) is 1.88. The molecule has 3 N–H and O–H groups in total. The number of carbonyl (C=O) groups is 3. The molecule has 0 radical (unpaired) electrons. The lowest BCUT2D eigenvalue weighted by atomic mass is 9.98. The number of hydrogen-bond acceptors (Lipinski definition) is 4. The summed E-state index contributed by atoms with van der Waals surface area (Å²) in [6.07, 6.45) is -0.556. The van der Waals surface area contributed by atoms with Crippen LogP contribution in [0.1, 0.15) is 36.0 Å². The van der Waals surface area contributed by atoms with Crippen molar-refractivity contribution in [2.45, 2.75) is 31.7 Å². The number of aliphatic carboxylic acids is 1. The monoisotopic (exact) mass is 458 g/mol. The van der Waals surface area contributed by atoms with E-state index in [0.717, 1.165) is 16.7 Å². The zero-order valence-corrected chi connectivity index (χ0v) is 18.8. The van der Waals surface area contributed by atoms with E-state index in [-0.39, 0.29) is 31.3 Å². The summed E-state index contributed by atoms with van der Waals surface area (Å²) >= 11 is 0. The van der Waals surface area contributed by atoms with Crippen LogP contribution in [0.2, 0.25) is 0 Å². The van der Waals surface area contributed by atoms with E-state index in [1.807, 2.05) is 24.3 Å². The number of benzene rings is 3. The molecule has 0 aromatic heterocycles. The average molecular weight is 459 g/mol. The highest BCUT2D eigenvalue weighted by Gasteiger charge is 2.29. The molecule has 2 amide bonds. The highest BCUT2D eigenvalue weighted by atomic mass is 16.5. The Balaban J connectivity index is 1.30. The quantitative estimate of drug-likeness (QED) is 0.459. The number of hydrogen-bond donors (Lipinski definition) is 3. The van der Waals surface area contributed by atoms with Crippen LogP contribution >= 0.6 is 0 Å². The van der Waals surface area contributed by atoms with Gasteiger partial charge in [0.1, 0.15) is 6.61 Å². The van der Waals surface area contributed by atoms with Gasteiger partial charge in [-0.15, -0.1) is 0 Å². The van der Waals surface area contributed by atoms with E-state index < -0.39 is 18.1 Å². The molecule has 0 aliphatic heterocycles. The number of nitrogens with one attached hydrogen (secondary N) is 2. The van der Waals surface area contributed by atoms with Gasteiger partial charge in [-0.1, -0.05) is 60.7 Å². The summed E-state index contributed by atoms with van der Waals surface area (Å²) in [5.74, 6) is -1.23. The van der Waals surface area contributed by atoms with E-state index in [1.165, 1.54) is 11.1 Å². The lowest BCUT2D eigenvalue weighted by Gasteiger charge is -2.15. The van der Waals surface area contributed by atoms with Gasteiger partial charge in [0.2, 0.25) is 5.91 Å². The molecule has 0 saturated carbocycles. The molecule has 0 heterocycles. The van der Waals surface area contributed by atoms with Crippen LogP contribution in [0.5, 0.6) is 0 Å². The third kappa shape index (κ3) is 5.43. The molecule has 7 nitrogen and oxygen atoms in total. The first-order valence-electron chi connectivity index (χ1n) is 11.1. The van der Waals surface area contributed by atoms with Crippen LogP contribution in [0.15, 0.2) is 72.8 Å². The Labute approximate surface area is 197 Å². The number of fused-ring (bicyclic) bond motifs is 3. The molecule has 1 aliphatic carbocycles. The Hall–Kier alpha value is -4.13. The predicted octanol–water partition coefficient (Wildman–Crippen LogP) is 4.57. The maximum absolute atomic E-state index is 12.4. The third-order valence-corrected chi connectivity index (χ3v) is 5.80. The van der Waals surface area contributed by atoms with Gasteiger partial charge in [-0.05, 0) is 46.9 Å². The number of anilines is 1. The molecular formula is C27H26N2O5. The Morgan fingerprint density at radius 3 is 2.09 bits per heavy atom. The molecule has 0 spiro atoms. The molecule has 1 atom stereocenters. The van der Waals surface area contributed by atoms with E-state index in [0.29, 0.717) is 5.69 Å². The molecule has 0 fully saturated rings.